The van der Waals surface area contributed by atoms with Crippen molar-refractivity contribution in [2.24, 2.45) is 0 Å². The second-order valence-corrected chi connectivity index (χ2v) is 18.8. The molecular weight excluding hydrogens is 716 g/mol. The van der Waals surface area contributed by atoms with Crippen LogP contribution in [0.15, 0.2) is 164 Å². The van der Waals surface area contributed by atoms with Gasteiger partial charge in [-0.2, -0.15) is 0 Å². The largest absolute Gasteiger partial charge is 0.0622 e. The topological polar surface area (TPSA) is 0 Å². The Hall–Kier alpha value is -4.25. The van der Waals surface area contributed by atoms with Crippen LogP contribution in [0, 0.1) is 0 Å². The van der Waals surface area contributed by atoms with Crippen molar-refractivity contribution in [2.75, 3.05) is 0 Å². The highest BCUT2D eigenvalue weighted by atomic mass is 31.1. The zero-order chi connectivity index (χ0) is 39.7. The van der Waals surface area contributed by atoms with Gasteiger partial charge in [-0.05, 0) is 109 Å². The molecule has 0 aromatic heterocycles. The lowest BCUT2D eigenvalue weighted by atomic mass is 10.0. The van der Waals surface area contributed by atoms with Gasteiger partial charge >= 0.3 is 0 Å². The number of benzene rings is 6. The van der Waals surface area contributed by atoms with Gasteiger partial charge in [0.05, 0.1) is 0 Å². The molecule has 6 aromatic carbocycles. The van der Waals surface area contributed by atoms with Crippen LogP contribution >= 0.6 is 7.92 Å². The molecule has 0 aliphatic carbocycles. The van der Waals surface area contributed by atoms with Crippen LogP contribution in [0.3, 0.4) is 0 Å². The summed E-state index contributed by atoms with van der Waals surface area (Å²) < 4.78 is 0. The highest BCUT2D eigenvalue weighted by Gasteiger charge is 2.17. The molecule has 0 aliphatic rings. The minimum atomic E-state index is -0.541. The van der Waals surface area contributed by atoms with E-state index in [1.165, 1.54) is 178 Å². The molecule has 58 heavy (non-hydrogen) atoms. The molecule has 0 spiro atoms. The van der Waals surface area contributed by atoms with E-state index in [0.717, 1.165) is 6.16 Å². The number of rotatable bonds is 27. The SMILES string of the molecule is c1ccc(CCCCCCCCCCc2ccc(P(Cc3ccccc3-c3ccccc3)c3ccc(CCCCCCCCCCc4ccccc4)cc3)cc2)cc1. The van der Waals surface area contributed by atoms with Crippen molar-refractivity contribution >= 4 is 18.5 Å². The van der Waals surface area contributed by atoms with Gasteiger partial charge in [-0.15, -0.1) is 0 Å². The van der Waals surface area contributed by atoms with E-state index < -0.39 is 7.92 Å². The van der Waals surface area contributed by atoms with E-state index in [0.29, 0.717) is 0 Å². The molecule has 0 nitrogen and oxygen atoms in total. The Kier molecular flexibility index (Phi) is 19.4. The average molecular weight is 785 g/mol. The molecule has 0 amide bonds. The molecule has 1 heteroatoms. The summed E-state index contributed by atoms with van der Waals surface area (Å²) in [6.07, 6.45) is 27.6. The smallest absolute Gasteiger partial charge is 0.00136 e. The van der Waals surface area contributed by atoms with Crippen LogP contribution in [0.25, 0.3) is 11.1 Å². The summed E-state index contributed by atoms with van der Waals surface area (Å²) in [6, 6.07) is 61.5. The maximum atomic E-state index is 2.46. The average Bonchev–Trinajstić information content (AvgIpc) is 3.28. The number of unbranched alkanes of at least 4 members (excludes halogenated alkanes) is 14. The fourth-order valence-corrected chi connectivity index (χ4v) is 10.8. The Balaban J connectivity index is 0.956. The molecule has 0 unspecified atom stereocenters. The monoisotopic (exact) mass is 785 g/mol. The fraction of sp³-hybridized carbons (Fsp3) is 0.368. The van der Waals surface area contributed by atoms with Crippen LogP contribution in [-0.2, 0) is 31.8 Å². The van der Waals surface area contributed by atoms with Crippen molar-refractivity contribution in [1.29, 1.82) is 0 Å². The van der Waals surface area contributed by atoms with E-state index in [-0.39, 0.29) is 0 Å². The van der Waals surface area contributed by atoms with E-state index in [1.807, 2.05) is 0 Å². The van der Waals surface area contributed by atoms with Gasteiger partial charge in [0.1, 0.15) is 0 Å². The maximum Gasteiger partial charge on any atom is 0.00136 e. The van der Waals surface area contributed by atoms with Crippen LogP contribution in [0.5, 0.6) is 0 Å². The number of aryl methyl sites for hydroxylation is 4. The van der Waals surface area contributed by atoms with Crippen LogP contribution in [0.2, 0.25) is 0 Å². The highest BCUT2D eigenvalue weighted by Crippen LogP contribution is 2.41. The summed E-state index contributed by atoms with van der Waals surface area (Å²) in [4.78, 5) is 0. The third-order valence-electron chi connectivity index (χ3n) is 12.0. The molecule has 0 N–H and O–H groups in total. The maximum absolute atomic E-state index is 2.46. The summed E-state index contributed by atoms with van der Waals surface area (Å²) >= 11 is 0. The van der Waals surface area contributed by atoms with E-state index in [2.05, 4.69) is 164 Å². The Morgan fingerprint density at radius 3 is 0.966 bits per heavy atom. The second-order valence-electron chi connectivity index (χ2n) is 16.6. The molecular formula is C57H69P. The third kappa shape index (κ3) is 15.5. The van der Waals surface area contributed by atoms with E-state index in [4.69, 9.17) is 0 Å². The van der Waals surface area contributed by atoms with Gasteiger partial charge in [0.25, 0.3) is 0 Å². The van der Waals surface area contributed by atoms with Crippen LogP contribution in [-0.4, -0.2) is 0 Å². The first kappa shape index (κ1) is 43.3. The first-order valence-corrected chi connectivity index (χ1v) is 24.5. The molecule has 0 aliphatic heterocycles. The first-order valence-electron chi connectivity index (χ1n) is 23.0. The van der Waals surface area contributed by atoms with E-state index in [9.17, 15) is 0 Å². The molecule has 0 saturated carbocycles. The molecule has 0 bridgehead atoms. The zero-order valence-corrected chi connectivity index (χ0v) is 36.3. The van der Waals surface area contributed by atoms with Gasteiger partial charge in [0.15, 0.2) is 0 Å². The molecule has 0 saturated heterocycles. The summed E-state index contributed by atoms with van der Waals surface area (Å²) in [5, 5.41) is 2.98. The van der Waals surface area contributed by atoms with Gasteiger partial charge in [0.2, 0.25) is 0 Å². The van der Waals surface area contributed by atoms with Gasteiger partial charge < -0.3 is 0 Å². The molecule has 0 fully saturated rings. The lowest BCUT2D eigenvalue weighted by molar-refractivity contribution is 0.567. The van der Waals surface area contributed by atoms with Crippen LogP contribution in [0.4, 0.5) is 0 Å². The number of hydrogen-bond acceptors (Lipinski definition) is 0. The first-order chi connectivity index (χ1) is 28.8. The van der Waals surface area contributed by atoms with Crippen LogP contribution < -0.4 is 10.6 Å². The Morgan fingerprint density at radius 1 is 0.259 bits per heavy atom. The molecule has 6 aromatic rings. The van der Waals surface area contributed by atoms with Crippen molar-refractivity contribution in [3.05, 3.63) is 192 Å². The highest BCUT2D eigenvalue weighted by molar-refractivity contribution is 7.72. The minimum absolute atomic E-state index is 0.541. The van der Waals surface area contributed by atoms with E-state index >= 15 is 0 Å². The van der Waals surface area contributed by atoms with Crippen LogP contribution in [0.1, 0.15) is 131 Å². The summed E-state index contributed by atoms with van der Waals surface area (Å²) in [7, 11) is -0.541. The lowest BCUT2D eigenvalue weighted by Crippen LogP contribution is -2.14. The molecule has 0 atom stereocenters. The summed E-state index contributed by atoms with van der Waals surface area (Å²) in [5.74, 6) is 0. The number of hydrogen-bond donors (Lipinski definition) is 0. The molecule has 302 valence electrons. The molecule has 6 rings (SSSR count). The predicted molar refractivity (Wildman–Crippen MR) is 256 cm³/mol. The quantitative estimate of drug-likeness (QED) is 0.0360. The zero-order valence-electron chi connectivity index (χ0n) is 35.4. The normalized spacial score (nSPS) is 11.3. The van der Waals surface area contributed by atoms with Crippen molar-refractivity contribution in [3.8, 4) is 11.1 Å². The van der Waals surface area contributed by atoms with Crippen molar-refractivity contribution in [2.45, 2.75) is 135 Å². The second kappa shape index (κ2) is 26.0. The third-order valence-corrected chi connectivity index (χ3v) is 14.5. The van der Waals surface area contributed by atoms with Gasteiger partial charge in [-0.3, -0.25) is 0 Å². The van der Waals surface area contributed by atoms with Crippen molar-refractivity contribution < 1.29 is 0 Å². The minimum Gasteiger partial charge on any atom is -0.0622 e. The van der Waals surface area contributed by atoms with Crippen molar-refractivity contribution in [3.63, 3.8) is 0 Å². The Bertz CT molecular complexity index is 1830. The van der Waals surface area contributed by atoms with Gasteiger partial charge in [0, 0.05) is 6.16 Å². The summed E-state index contributed by atoms with van der Waals surface area (Å²) in [5.41, 5.74) is 10.1. The predicted octanol–water partition coefficient (Wildman–Crippen LogP) is 15.8. The standard InChI is InChI=1S/C57H69P/c1(5-9-16-28-49-30-20-13-21-31-49)3-7-11-18-34-51-40-44-55(45-41-51)58(48-54-38-26-27-39-57(54)53-36-24-15-25-37-53)56-46-42-52(43-47-56)35-19-12-8-4-2-6-10-17-29-50-32-22-14-23-33-50/h13-15,20-27,30-33,36-47H,1-12,16-19,28-29,34-35,48H2. The molecule has 0 heterocycles. The molecule has 0 radical (unpaired) electrons. The van der Waals surface area contributed by atoms with Crippen molar-refractivity contribution in [1.82, 2.24) is 0 Å². The summed E-state index contributed by atoms with van der Waals surface area (Å²) in [6.45, 7) is 0. The lowest BCUT2D eigenvalue weighted by Gasteiger charge is -2.22. The van der Waals surface area contributed by atoms with Gasteiger partial charge in [-0.1, -0.05) is 241 Å². The van der Waals surface area contributed by atoms with Gasteiger partial charge in [-0.25, -0.2) is 0 Å². The fourth-order valence-electron chi connectivity index (χ4n) is 8.47. The Labute approximate surface area is 354 Å². The Morgan fingerprint density at radius 2 is 0.569 bits per heavy atom. The van der Waals surface area contributed by atoms with E-state index in [1.54, 1.807) is 0 Å².